The van der Waals surface area contributed by atoms with E-state index in [2.05, 4.69) is 17.8 Å². The number of rotatable bonds is 4. The number of hydrazine groups is 2. The Morgan fingerprint density at radius 3 is 1.40 bits per heavy atom. The third-order valence-electron chi connectivity index (χ3n) is 0.904. The van der Waals surface area contributed by atoms with E-state index in [0.29, 0.717) is 0 Å². The molecule has 0 saturated carbocycles. The molecule has 62 valence electrons. The Bertz CT molecular complexity index is 71.8. The smallest absolute Gasteiger partial charge is 0.0808 e. The second-order valence-corrected chi connectivity index (χ2v) is 2.77. The fourth-order valence-corrected chi connectivity index (χ4v) is 0.803. The Labute approximate surface area is 63.1 Å². The van der Waals surface area contributed by atoms with Crippen molar-refractivity contribution in [2.45, 2.75) is 13.1 Å². The van der Waals surface area contributed by atoms with Gasteiger partial charge < -0.3 is 0 Å². The van der Waals surface area contributed by atoms with Crippen LogP contribution in [0.15, 0.2) is 0 Å². The molecule has 0 unspecified atom stereocenters. The summed E-state index contributed by atoms with van der Waals surface area (Å²) in [5, 5.41) is 3.84. The fraction of sp³-hybridized carbons (Fsp3) is 1.00. The Morgan fingerprint density at radius 1 is 0.900 bits per heavy atom. The molecule has 10 heavy (non-hydrogen) atoms. The summed E-state index contributed by atoms with van der Waals surface area (Å²) < 4.78 is 0. The minimum atomic E-state index is 0.269. The molecule has 0 fully saturated rings. The minimum Gasteiger partial charge on any atom is -0.249 e. The summed E-state index contributed by atoms with van der Waals surface area (Å²) in [5.74, 6) is 0. The molecule has 0 atom stereocenters. The largest absolute Gasteiger partial charge is 0.249 e. The molecular formula is C6H18N4. The van der Waals surface area contributed by atoms with Gasteiger partial charge in [-0.25, -0.2) is 20.9 Å². The molecule has 0 amide bonds. The maximum Gasteiger partial charge on any atom is 0.0808 e. The Balaban J connectivity index is 3.34. The van der Waals surface area contributed by atoms with Crippen LogP contribution in [0.5, 0.6) is 0 Å². The summed E-state index contributed by atoms with van der Waals surface area (Å²) in [5.41, 5.74) is 6.31. The SMILES string of the molecule is CC(NN(C)C)NN(C)C. The predicted octanol–water partition coefficient (Wildman–Crippen LogP) is -0.535. The molecule has 0 aliphatic carbocycles. The molecule has 0 radical (unpaired) electrons. The van der Waals surface area contributed by atoms with E-state index in [1.165, 1.54) is 0 Å². The first-order valence-electron chi connectivity index (χ1n) is 3.39. The normalized spacial score (nSPS) is 12.0. The van der Waals surface area contributed by atoms with E-state index in [4.69, 9.17) is 0 Å². The lowest BCUT2D eigenvalue weighted by Crippen LogP contribution is -2.51. The van der Waals surface area contributed by atoms with Crippen molar-refractivity contribution in [2.24, 2.45) is 0 Å². The molecule has 0 rings (SSSR count). The summed E-state index contributed by atoms with van der Waals surface area (Å²) in [6.07, 6.45) is 0.269. The van der Waals surface area contributed by atoms with Crippen LogP contribution in [-0.4, -0.2) is 44.4 Å². The minimum absolute atomic E-state index is 0.269. The molecule has 0 aromatic rings. The summed E-state index contributed by atoms with van der Waals surface area (Å²) in [6, 6.07) is 0. The van der Waals surface area contributed by atoms with Crippen molar-refractivity contribution in [3.05, 3.63) is 0 Å². The van der Waals surface area contributed by atoms with Crippen LogP contribution in [0.2, 0.25) is 0 Å². The van der Waals surface area contributed by atoms with Crippen LogP contribution in [0.1, 0.15) is 6.92 Å². The van der Waals surface area contributed by atoms with Gasteiger partial charge in [0.1, 0.15) is 0 Å². The van der Waals surface area contributed by atoms with Gasteiger partial charge >= 0.3 is 0 Å². The van der Waals surface area contributed by atoms with E-state index in [1.807, 2.05) is 38.2 Å². The molecule has 4 heteroatoms. The Kier molecular flexibility index (Phi) is 4.55. The Morgan fingerprint density at radius 2 is 1.20 bits per heavy atom. The zero-order valence-electron chi connectivity index (χ0n) is 7.47. The van der Waals surface area contributed by atoms with Crippen molar-refractivity contribution in [1.82, 2.24) is 20.9 Å². The molecule has 0 spiro atoms. The topological polar surface area (TPSA) is 30.5 Å². The van der Waals surface area contributed by atoms with Gasteiger partial charge in [-0.15, -0.1) is 0 Å². The summed E-state index contributed by atoms with van der Waals surface area (Å²) in [6.45, 7) is 2.06. The molecule has 2 N–H and O–H groups in total. The lowest BCUT2D eigenvalue weighted by Gasteiger charge is -2.23. The van der Waals surface area contributed by atoms with Gasteiger partial charge in [0, 0.05) is 28.2 Å². The van der Waals surface area contributed by atoms with Crippen molar-refractivity contribution in [3.8, 4) is 0 Å². The predicted molar refractivity (Wildman–Crippen MR) is 43.1 cm³/mol. The molecule has 4 nitrogen and oxygen atoms in total. The first kappa shape index (κ1) is 9.84. The molecule has 0 bridgehead atoms. The van der Waals surface area contributed by atoms with E-state index in [1.54, 1.807) is 0 Å². The van der Waals surface area contributed by atoms with Gasteiger partial charge in [0.25, 0.3) is 0 Å². The van der Waals surface area contributed by atoms with Crippen LogP contribution >= 0.6 is 0 Å². The zero-order valence-corrected chi connectivity index (χ0v) is 7.47. The molecule has 0 saturated heterocycles. The standard InChI is InChI=1S/C6H18N4/c1-6(7-9(2)3)8-10(4)5/h6-8H,1-5H3. The van der Waals surface area contributed by atoms with Crippen molar-refractivity contribution < 1.29 is 0 Å². The summed E-state index contributed by atoms with van der Waals surface area (Å²) in [4.78, 5) is 0. The van der Waals surface area contributed by atoms with Crippen molar-refractivity contribution >= 4 is 0 Å². The second-order valence-electron chi connectivity index (χ2n) is 2.77. The molecule has 0 aromatic carbocycles. The molecule has 0 aliphatic rings. The highest BCUT2D eigenvalue weighted by molar-refractivity contribution is 4.48. The van der Waals surface area contributed by atoms with Crippen molar-refractivity contribution in [2.75, 3.05) is 28.2 Å². The van der Waals surface area contributed by atoms with Gasteiger partial charge in [-0.3, -0.25) is 0 Å². The highest BCUT2D eigenvalue weighted by atomic mass is 15.6. The maximum atomic E-state index is 3.15. The quantitative estimate of drug-likeness (QED) is 0.412. The van der Waals surface area contributed by atoms with E-state index in [0.717, 1.165) is 0 Å². The highest BCUT2D eigenvalue weighted by Gasteiger charge is 1.99. The maximum absolute atomic E-state index is 3.15. The number of hydrogen-bond donors (Lipinski definition) is 2. The lowest BCUT2D eigenvalue weighted by molar-refractivity contribution is 0.154. The van der Waals surface area contributed by atoms with Crippen LogP contribution in [0.25, 0.3) is 0 Å². The molecule has 0 heterocycles. The molecule has 0 aliphatic heterocycles. The van der Waals surface area contributed by atoms with Gasteiger partial charge in [0.15, 0.2) is 0 Å². The summed E-state index contributed by atoms with van der Waals surface area (Å²) in [7, 11) is 7.86. The van der Waals surface area contributed by atoms with Crippen LogP contribution in [-0.2, 0) is 0 Å². The zero-order chi connectivity index (χ0) is 8.15. The van der Waals surface area contributed by atoms with E-state index < -0.39 is 0 Å². The average Bonchev–Trinajstić information content (AvgIpc) is 1.58. The second kappa shape index (κ2) is 4.62. The van der Waals surface area contributed by atoms with Crippen LogP contribution in [0.4, 0.5) is 0 Å². The summed E-state index contributed by atoms with van der Waals surface area (Å²) >= 11 is 0. The highest BCUT2D eigenvalue weighted by Crippen LogP contribution is 1.76. The third-order valence-corrected chi connectivity index (χ3v) is 0.904. The van der Waals surface area contributed by atoms with E-state index in [9.17, 15) is 0 Å². The van der Waals surface area contributed by atoms with Gasteiger partial charge in [0.05, 0.1) is 6.17 Å². The Hall–Kier alpha value is -0.160. The average molecular weight is 146 g/mol. The van der Waals surface area contributed by atoms with Gasteiger partial charge in [-0.05, 0) is 6.92 Å². The van der Waals surface area contributed by atoms with Crippen molar-refractivity contribution in [3.63, 3.8) is 0 Å². The van der Waals surface area contributed by atoms with E-state index in [-0.39, 0.29) is 6.17 Å². The first-order chi connectivity index (χ1) is 4.52. The van der Waals surface area contributed by atoms with Gasteiger partial charge in [0.2, 0.25) is 0 Å². The van der Waals surface area contributed by atoms with Crippen LogP contribution in [0.3, 0.4) is 0 Å². The fourth-order valence-electron chi connectivity index (χ4n) is 0.803. The monoisotopic (exact) mass is 146 g/mol. The third kappa shape index (κ3) is 5.97. The molecule has 0 aromatic heterocycles. The number of nitrogens with one attached hydrogen (secondary N) is 2. The van der Waals surface area contributed by atoms with E-state index >= 15 is 0 Å². The number of hydrogen-bond acceptors (Lipinski definition) is 4. The lowest BCUT2D eigenvalue weighted by atomic mass is 10.6. The van der Waals surface area contributed by atoms with Crippen LogP contribution < -0.4 is 10.9 Å². The number of nitrogens with zero attached hydrogens (tertiary/aromatic N) is 2. The first-order valence-corrected chi connectivity index (χ1v) is 3.39. The van der Waals surface area contributed by atoms with Crippen molar-refractivity contribution in [1.29, 1.82) is 0 Å². The molecular weight excluding hydrogens is 128 g/mol. The van der Waals surface area contributed by atoms with Gasteiger partial charge in [-0.2, -0.15) is 0 Å². The van der Waals surface area contributed by atoms with Crippen LogP contribution in [0, 0.1) is 0 Å². The van der Waals surface area contributed by atoms with Gasteiger partial charge in [-0.1, -0.05) is 0 Å².